The Morgan fingerprint density at radius 1 is 1.42 bits per heavy atom. The van der Waals surface area contributed by atoms with Crippen LogP contribution in [0.5, 0.6) is 0 Å². The van der Waals surface area contributed by atoms with Crippen molar-refractivity contribution >= 4 is 23.2 Å². The fourth-order valence-electron chi connectivity index (χ4n) is 1.21. The number of nitriles is 1. The van der Waals surface area contributed by atoms with E-state index in [0.717, 1.165) is 0 Å². The van der Waals surface area contributed by atoms with Crippen LogP contribution in [0.25, 0.3) is 0 Å². The summed E-state index contributed by atoms with van der Waals surface area (Å²) < 4.78 is 35.5. The third kappa shape index (κ3) is 5.59. The molecule has 0 aromatic heterocycles. The molecule has 0 fully saturated rings. The molecule has 1 aromatic carbocycles. The first-order valence-corrected chi connectivity index (χ1v) is 5.46. The normalized spacial score (nSPS) is 10.9. The number of carbonyl (C=O) groups excluding carboxylic acids is 1. The Kier molecular flexibility index (Phi) is 5.15. The van der Waals surface area contributed by atoms with Crippen LogP contribution in [-0.2, 0) is 4.79 Å². The zero-order valence-corrected chi connectivity index (χ0v) is 10.3. The molecule has 4 nitrogen and oxygen atoms in total. The molecular formula is C11H9ClF3N3O. The number of alkyl halides is 3. The fourth-order valence-corrected chi connectivity index (χ4v) is 1.43. The lowest BCUT2D eigenvalue weighted by atomic mass is 10.2. The van der Waals surface area contributed by atoms with Crippen LogP contribution in [0.15, 0.2) is 18.2 Å². The molecule has 2 N–H and O–H groups in total. The molecule has 0 atom stereocenters. The third-order valence-electron chi connectivity index (χ3n) is 1.98. The Morgan fingerprint density at radius 2 is 2.11 bits per heavy atom. The minimum atomic E-state index is -4.36. The average molecular weight is 292 g/mol. The predicted molar refractivity (Wildman–Crippen MR) is 63.7 cm³/mol. The van der Waals surface area contributed by atoms with Gasteiger partial charge in [0.15, 0.2) is 0 Å². The maximum atomic E-state index is 11.8. The van der Waals surface area contributed by atoms with Crippen LogP contribution in [0, 0.1) is 11.3 Å². The second-order valence-electron chi connectivity index (χ2n) is 3.57. The molecule has 0 spiro atoms. The van der Waals surface area contributed by atoms with Crippen LogP contribution < -0.4 is 10.6 Å². The standard InChI is InChI=1S/C11H9ClF3N3O/c12-9-3-8(2-1-7(9)4-16)18-10(19)5-17-6-11(13,14)15/h1-3,17H,5-6H2,(H,18,19). The van der Waals surface area contributed by atoms with Crippen molar-refractivity contribution in [3.05, 3.63) is 28.8 Å². The lowest BCUT2D eigenvalue weighted by Gasteiger charge is -2.09. The molecule has 1 aromatic rings. The van der Waals surface area contributed by atoms with Gasteiger partial charge in [0.05, 0.1) is 23.7 Å². The smallest absolute Gasteiger partial charge is 0.325 e. The monoisotopic (exact) mass is 291 g/mol. The molecule has 0 saturated heterocycles. The van der Waals surface area contributed by atoms with Gasteiger partial charge in [-0.3, -0.25) is 4.79 Å². The van der Waals surface area contributed by atoms with Crippen molar-refractivity contribution in [1.82, 2.24) is 5.32 Å². The summed E-state index contributed by atoms with van der Waals surface area (Å²) in [5, 5.41) is 13.1. The summed E-state index contributed by atoms with van der Waals surface area (Å²) in [4.78, 5) is 11.3. The third-order valence-corrected chi connectivity index (χ3v) is 2.30. The van der Waals surface area contributed by atoms with Crippen molar-refractivity contribution in [3.63, 3.8) is 0 Å². The van der Waals surface area contributed by atoms with Crippen molar-refractivity contribution in [3.8, 4) is 6.07 Å². The Hall–Kier alpha value is -1.78. The molecule has 0 unspecified atom stereocenters. The summed E-state index contributed by atoms with van der Waals surface area (Å²) in [5.41, 5.74) is 0.553. The zero-order chi connectivity index (χ0) is 14.5. The molecule has 0 aliphatic heterocycles. The summed E-state index contributed by atoms with van der Waals surface area (Å²) in [6, 6.07) is 6.03. The van der Waals surface area contributed by atoms with E-state index in [4.69, 9.17) is 16.9 Å². The minimum absolute atomic E-state index is 0.156. The van der Waals surface area contributed by atoms with Crippen molar-refractivity contribution in [2.45, 2.75) is 6.18 Å². The first-order chi connectivity index (χ1) is 8.81. The van der Waals surface area contributed by atoms with Crippen LogP contribution in [0.2, 0.25) is 5.02 Å². The number of amides is 1. The predicted octanol–water partition coefficient (Wildman–Crippen LogP) is 2.30. The molecule has 8 heteroatoms. The largest absolute Gasteiger partial charge is 0.401 e. The van der Waals surface area contributed by atoms with E-state index in [1.54, 1.807) is 0 Å². The molecule has 19 heavy (non-hydrogen) atoms. The minimum Gasteiger partial charge on any atom is -0.325 e. The van der Waals surface area contributed by atoms with E-state index in [2.05, 4.69) is 5.32 Å². The molecule has 0 saturated carbocycles. The first-order valence-electron chi connectivity index (χ1n) is 5.09. The topological polar surface area (TPSA) is 64.9 Å². The Labute approximate surface area is 112 Å². The van der Waals surface area contributed by atoms with Gasteiger partial charge in [-0.25, -0.2) is 0 Å². The van der Waals surface area contributed by atoms with Crippen LogP contribution in [-0.4, -0.2) is 25.2 Å². The molecule has 0 bridgehead atoms. The van der Waals surface area contributed by atoms with E-state index >= 15 is 0 Å². The Morgan fingerprint density at radius 3 is 2.63 bits per heavy atom. The second kappa shape index (κ2) is 6.41. The first kappa shape index (κ1) is 15.3. The summed E-state index contributed by atoms with van der Waals surface area (Å²) in [6.45, 7) is -1.72. The summed E-state index contributed by atoms with van der Waals surface area (Å²) in [5.74, 6) is -0.634. The number of halogens is 4. The number of rotatable bonds is 4. The molecule has 102 valence electrons. The Balaban J connectivity index is 2.49. The number of nitrogens with zero attached hydrogens (tertiary/aromatic N) is 1. The van der Waals surface area contributed by atoms with E-state index in [0.29, 0.717) is 5.69 Å². The molecule has 0 heterocycles. The summed E-state index contributed by atoms with van der Waals surface area (Å²) >= 11 is 5.74. The van der Waals surface area contributed by atoms with Crippen LogP contribution >= 0.6 is 11.6 Å². The molecule has 1 rings (SSSR count). The number of hydrogen-bond acceptors (Lipinski definition) is 3. The highest BCUT2D eigenvalue weighted by atomic mass is 35.5. The number of anilines is 1. The SMILES string of the molecule is N#Cc1ccc(NC(=O)CNCC(F)(F)F)cc1Cl. The number of benzene rings is 1. The van der Waals surface area contributed by atoms with E-state index < -0.39 is 25.2 Å². The van der Waals surface area contributed by atoms with Gasteiger partial charge in [-0.05, 0) is 18.2 Å². The van der Waals surface area contributed by atoms with Gasteiger partial charge in [0.1, 0.15) is 6.07 Å². The van der Waals surface area contributed by atoms with E-state index in [1.807, 2.05) is 11.4 Å². The number of nitrogens with one attached hydrogen (secondary N) is 2. The highest BCUT2D eigenvalue weighted by Gasteiger charge is 2.26. The van der Waals surface area contributed by atoms with Gasteiger partial charge in [0, 0.05) is 5.69 Å². The molecule has 0 radical (unpaired) electrons. The van der Waals surface area contributed by atoms with E-state index in [1.165, 1.54) is 18.2 Å². The molecule has 0 aliphatic rings. The fraction of sp³-hybridized carbons (Fsp3) is 0.273. The molecule has 0 aliphatic carbocycles. The van der Waals surface area contributed by atoms with E-state index in [9.17, 15) is 18.0 Å². The van der Waals surface area contributed by atoms with Gasteiger partial charge in [-0.1, -0.05) is 11.6 Å². The van der Waals surface area contributed by atoms with Gasteiger partial charge in [-0.2, -0.15) is 18.4 Å². The quantitative estimate of drug-likeness (QED) is 0.894. The number of carbonyl (C=O) groups is 1. The van der Waals surface area contributed by atoms with Crippen LogP contribution in [0.1, 0.15) is 5.56 Å². The van der Waals surface area contributed by atoms with Gasteiger partial charge in [0.2, 0.25) is 5.91 Å². The molecular weight excluding hydrogens is 283 g/mol. The van der Waals surface area contributed by atoms with Gasteiger partial charge in [-0.15, -0.1) is 0 Å². The maximum absolute atomic E-state index is 11.8. The highest BCUT2D eigenvalue weighted by molar-refractivity contribution is 6.32. The van der Waals surface area contributed by atoms with Crippen molar-refractivity contribution < 1.29 is 18.0 Å². The summed E-state index contributed by atoms with van der Waals surface area (Å²) in [7, 11) is 0. The number of hydrogen-bond donors (Lipinski definition) is 2. The van der Waals surface area contributed by atoms with Gasteiger partial charge in [0.25, 0.3) is 0 Å². The highest BCUT2D eigenvalue weighted by Crippen LogP contribution is 2.20. The lowest BCUT2D eigenvalue weighted by Crippen LogP contribution is -2.35. The lowest BCUT2D eigenvalue weighted by molar-refractivity contribution is -0.126. The van der Waals surface area contributed by atoms with Crippen molar-refractivity contribution in [2.24, 2.45) is 0 Å². The van der Waals surface area contributed by atoms with E-state index in [-0.39, 0.29) is 10.6 Å². The zero-order valence-electron chi connectivity index (χ0n) is 9.51. The van der Waals surface area contributed by atoms with Crippen LogP contribution in [0.4, 0.5) is 18.9 Å². The average Bonchev–Trinajstić information content (AvgIpc) is 2.27. The van der Waals surface area contributed by atoms with Crippen LogP contribution in [0.3, 0.4) is 0 Å². The van der Waals surface area contributed by atoms with Gasteiger partial charge >= 0.3 is 6.18 Å². The maximum Gasteiger partial charge on any atom is 0.401 e. The van der Waals surface area contributed by atoms with Crippen molar-refractivity contribution in [1.29, 1.82) is 5.26 Å². The van der Waals surface area contributed by atoms with Gasteiger partial charge < -0.3 is 10.6 Å². The molecule has 1 amide bonds. The van der Waals surface area contributed by atoms with Crippen molar-refractivity contribution in [2.75, 3.05) is 18.4 Å². The second-order valence-corrected chi connectivity index (χ2v) is 3.98. The summed E-state index contributed by atoms with van der Waals surface area (Å²) in [6.07, 6.45) is -4.36. The Bertz CT molecular complexity index is 511.